The molecule has 0 fully saturated rings. The van der Waals surface area contributed by atoms with Crippen LogP contribution in [0.4, 0.5) is 0 Å². The number of amides is 1. The van der Waals surface area contributed by atoms with Crippen LogP contribution >= 0.6 is 0 Å². The third kappa shape index (κ3) is 4.53. The van der Waals surface area contributed by atoms with Crippen LogP contribution < -0.4 is 5.32 Å². The highest BCUT2D eigenvalue weighted by Crippen LogP contribution is 2.29. The Morgan fingerprint density at radius 1 is 1.28 bits per heavy atom. The lowest BCUT2D eigenvalue weighted by Crippen LogP contribution is -2.25. The van der Waals surface area contributed by atoms with Gasteiger partial charge in [0.25, 0.3) is 0 Å². The Balaban J connectivity index is 1.70. The molecular formula is C23H31N3O3. The maximum Gasteiger partial charge on any atom is 0.224 e. The quantitative estimate of drug-likeness (QED) is 0.619. The van der Waals surface area contributed by atoms with E-state index in [-0.39, 0.29) is 5.91 Å². The second-order valence-electron chi connectivity index (χ2n) is 7.94. The molecular weight excluding hydrogens is 366 g/mol. The minimum absolute atomic E-state index is 0.0252. The number of nitrogens with zero attached hydrogens (tertiary/aromatic N) is 2. The van der Waals surface area contributed by atoms with Gasteiger partial charge in [-0.05, 0) is 49.9 Å². The van der Waals surface area contributed by atoms with Gasteiger partial charge in [-0.2, -0.15) is 5.10 Å². The molecule has 2 aromatic heterocycles. The van der Waals surface area contributed by atoms with Gasteiger partial charge in [0.15, 0.2) is 0 Å². The number of furan rings is 1. The van der Waals surface area contributed by atoms with Crippen LogP contribution in [0.3, 0.4) is 0 Å². The fourth-order valence-corrected chi connectivity index (χ4v) is 3.81. The van der Waals surface area contributed by atoms with Gasteiger partial charge in [-0.3, -0.25) is 9.48 Å². The number of aromatic nitrogens is 2. The molecule has 0 aliphatic heterocycles. The zero-order chi connectivity index (χ0) is 21.1. The Hall–Kier alpha value is -2.60. The van der Waals surface area contributed by atoms with E-state index >= 15 is 0 Å². The van der Waals surface area contributed by atoms with E-state index in [1.54, 1.807) is 13.4 Å². The van der Waals surface area contributed by atoms with Gasteiger partial charge in [0.05, 0.1) is 31.5 Å². The Bertz CT molecular complexity index is 1010. The van der Waals surface area contributed by atoms with E-state index in [2.05, 4.69) is 43.3 Å². The van der Waals surface area contributed by atoms with Gasteiger partial charge in [0.2, 0.25) is 5.91 Å². The fourth-order valence-electron chi connectivity index (χ4n) is 3.81. The molecule has 0 aliphatic carbocycles. The van der Waals surface area contributed by atoms with Gasteiger partial charge < -0.3 is 14.5 Å². The zero-order valence-corrected chi connectivity index (χ0v) is 18.3. The molecule has 1 aromatic carbocycles. The first-order valence-electron chi connectivity index (χ1n) is 10.1. The molecule has 0 radical (unpaired) electrons. The molecule has 0 spiro atoms. The first-order valence-corrected chi connectivity index (χ1v) is 10.1. The number of benzene rings is 1. The summed E-state index contributed by atoms with van der Waals surface area (Å²) in [7, 11) is 1.68. The van der Waals surface area contributed by atoms with Gasteiger partial charge in [0, 0.05) is 35.9 Å². The monoisotopic (exact) mass is 397 g/mol. The molecule has 3 rings (SSSR count). The summed E-state index contributed by atoms with van der Waals surface area (Å²) in [5.74, 6) is 0.402. The molecule has 0 bridgehead atoms. The number of rotatable bonds is 8. The minimum Gasteiger partial charge on any atom is -0.464 e. The van der Waals surface area contributed by atoms with Crippen LogP contribution in [-0.4, -0.2) is 29.4 Å². The number of hydrogen-bond acceptors (Lipinski definition) is 4. The second-order valence-corrected chi connectivity index (χ2v) is 7.94. The van der Waals surface area contributed by atoms with E-state index in [4.69, 9.17) is 9.15 Å². The van der Waals surface area contributed by atoms with Crippen molar-refractivity contribution in [3.63, 3.8) is 0 Å². The van der Waals surface area contributed by atoms with Crippen LogP contribution in [0.15, 0.2) is 22.8 Å². The molecule has 0 unspecified atom stereocenters. The number of aryl methyl sites for hydroxylation is 2. The molecule has 0 saturated heterocycles. The van der Waals surface area contributed by atoms with E-state index in [0.717, 1.165) is 33.5 Å². The molecule has 0 aliphatic rings. The van der Waals surface area contributed by atoms with E-state index in [0.29, 0.717) is 32.0 Å². The van der Waals surface area contributed by atoms with Crippen molar-refractivity contribution in [2.45, 2.75) is 60.0 Å². The van der Waals surface area contributed by atoms with E-state index in [1.165, 1.54) is 11.1 Å². The maximum atomic E-state index is 12.6. The van der Waals surface area contributed by atoms with Crippen LogP contribution in [0, 0.1) is 20.8 Å². The summed E-state index contributed by atoms with van der Waals surface area (Å²) in [5, 5.41) is 8.61. The lowest BCUT2D eigenvalue weighted by Gasteiger charge is -2.10. The summed E-state index contributed by atoms with van der Waals surface area (Å²) < 4.78 is 12.8. The fraction of sp³-hybridized carbons (Fsp3) is 0.478. The van der Waals surface area contributed by atoms with Crippen molar-refractivity contribution in [2.24, 2.45) is 0 Å². The third-order valence-electron chi connectivity index (χ3n) is 5.52. The highest BCUT2D eigenvalue weighted by Gasteiger charge is 2.16. The van der Waals surface area contributed by atoms with Crippen LogP contribution in [0.1, 0.15) is 53.4 Å². The van der Waals surface area contributed by atoms with Gasteiger partial charge >= 0.3 is 0 Å². The second kappa shape index (κ2) is 8.82. The first-order chi connectivity index (χ1) is 13.8. The number of nitrogens with one attached hydrogen (secondary N) is 1. The van der Waals surface area contributed by atoms with Crippen LogP contribution in [0.25, 0.3) is 11.0 Å². The number of hydrogen-bond donors (Lipinski definition) is 1. The van der Waals surface area contributed by atoms with Gasteiger partial charge in [-0.25, -0.2) is 0 Å². The molecule has 6 nitrogen and oxygen atoms in total. The zero-order valence-electron chi connectivity index (χ0n) is 18.3. The predicted molar refractivity (Wildman–Crippen MR) is 114 cm³/mol. The van der Waals surface area contributed by atoms with Crippen molar-refractivity contribution >= 4 is 16.9 Å². The summed E-state index contributed by atoms with van der Waals surface area (Å²) in [6.07, 6.45) is 2.00. The van der Waals surface area contributed by atoms with Crippen molar-refractivity contribution in [1.29, 1.82) is 0 Å². The number of ether oxygens (including phenoxy) is 1. The van der Waals surface area contributed by atoms with Gasteiger partial charge in [-0.15, -0.1) is 0 Å². The third-order valence-corrected chi connectivity index (χ3v) is 5.52. The molecule has 0 saturated carbocycles. The minimum atomic E-state index is -0.0252. The standard InChI is InChI=1S/C23H31N3O3/c1-14(2)19-11-20-18(13-29-22(20)9-15(19)3)10-23(27)24-12-21-16(4)25-26(17(21)5)7-8-28-6/h9,11,13-14H,7-8,10,12H2,1-6H3,(H,24,27). The lowest BCUT2D eigenvalue weighted by atomic mass is 9.95. The summed E-state index contributed by atoms with van der Waals surface area (Å²) >= 11 is 0. The van der Waals surface area contributed by atoms with Crippen LogP contribution in [-0.2, 0) is 29.0 Å². The first kappa shape index (κ1) is 21.1. The molecule has 0 atom stereocenters. The average molecular weight is 398 g/mol. The molecule has 3 aromatic rings. The number of carbonyl (C=O) groups is 1. The smallest absolute Gasteiger partial charge is 0.224 e. The molecule has 29 heavy (non-hydrogen) atoms. The Labute approximate surface area is 172 Å². The van der Waals surface area contributed by atoms with E-state index in [9.17, 15) is 4.79 Å². The van der Waals surface area contributed by atoms with Crippen molar-refractivity contribution in [2.75, 3.05) is 13.7 Å². The highest BCUT2D eigenvalue weighted by atomic mass is 16.5. The Morgan fingerprint density at radius 3 is 2.72 bits per heavy atom. The summed E-state index contributed by atoms with van der Waals surface area (Å²) in [5.41, 5.74) is 7.31. The topological polar surface area (TPSA) is 69.3 Å². The predicted octanol–water partition coefficient (Wildman–Crippen LogP) is 4.18. The summed E-state index contributed by atoms with van der Waals surface area (Å²) in [4.78, 5) is 12.6. The lowest BCUT2D eigenvalue weighted by molar-refractivity contribution is -0.120. The SMILES string of the molecule is COCCn1nc(C)c(CNC(=O)Cc2coc3cc(C)c(C(C)C)cc23)c1C. The highest BCUT2D eigenvalue weighted by molar-refractivity contribution is 5.88. The normalized spacial score (nSPS) is 11.6. The largest absolute Gasteiger partial charge is 0.464 e. The van der Waals surface area contributed by atoms with Gasteiger partial charge in [0.1, 0.15) is 5.58 Å². The molecule has 1 N–H and O–H groups in total. The molecule has 156 valence electrons. The van der Waals surface area contributed by atoms with Gasteiger partial charge in [-0.1, -0.05) is 13.8 Å². The number of fused-ring (bicyclic) bond motifs is 1. The van der Waals surface area contributed by atoms with E-state index < -0.39 is 0 Å². The molecule has 6 heteroatoms. The molecule has 2 heterocycles. The van der Waals surface area contributed by atoms with Crippen LogP contribution in [0.5, 0.6) is 0 Å². The Kier molecular flexibility index (Phi) is 6.42. The van der Waals surface area contributed by atoms with Crippen molar-refractivity contribution in [3.8, 4) is 0 Å². The summed E-state index contributed by atoms with van der Waals surface area (Å²) in [6, 6.07) is 4.22. The summed E-state index contributed by atoms with van der Waals surface area (Å²) in [6.45, 7) is 12.2. The number of carbonyl (C=O) groups excluding carboxylic acids is 1. The van der Waals surface area contributed by atoms with Crippen molar-refractivity contribution < 1.29 is 13.9 Å². The number of methoxy groups -OCH3 is 1. The van der Waals surface area contributed by atoms with Crippen LogP contribution in [0.2, 0.25) is 0 Å². The van der Waals surface area contributed by atoms with E-state index in [1.807, 2.05) is 18.5 Å². The average Bonchev–Trinajstić information content (AvgIpc) is 3.17. The molecule has 1 amide bonds. The van der Waals surface area contributed by atoms with Crippen molar-refractivity contribution in [3.05, 3.63) is 52.0 Å². The Morgan fingerprint density at radius 2 is 2.03 bits per heavy atom. The maximum absolute atomic E-state index is 12.6. The van der Waals surface area contributed by atoms with Crippen molar-refractivity contribution in [1.82, 2.24) is 15.1 Å².